The van der Waals surface area contributed by atoms with Crippen molar-refractivity contribution in [3.05, 3.63) is 96.7 Å². The quantitative estimate of drug-likeness (QED) is 0.427. The molecule has 4 aromatic rings. The molecule has 28 heavy (non-hydrogen) atoms. The lowest BCUT2D eigenvalue weighted by Gasteiger charge is -2.13. The standard InChI is InChI=1S/C24H22N2O2/c1-2-8-20-17-22(13-12-19(20)7-1)27-15-16-28-23-10-4-3-9-21(23)18-26-24-11-5-6-14-25-24/h1-14,17H,15-16,18H2,(H,25,26). The molecule has 0 radical (unpaired) electrons. The number of benzene rings is 3. The second-order valence-electron chi connectivity index (χ2n) is 6.38. The molecule has 0 saturated carbocycles. The largest absolute Gasteiger partial charge is 0.490 e. The Morgan fingerprint density at radius 1 is 0.714 bits per heavy atom. The zero-order valence-electron chi connectivity index (χ0n) is 15.5. The molecule has 0 aliphatic rings. The van der Waals surface area contributed by atoms with Gasteiger partial charge >= 0.3 is 0 Å². The minimum atomic E-state index is 0.480. The predicted molar refractivity (Wildman–Crippen MR) is 113 cm³/mol. The summed E-state index contributed by atoms with van der Waals surface area (Å²) in [5.41, 5.74) is 1.08. The lowest BCUT2D eigenvalue weighted by atomic mass is 10.1. The fraction of sp³-hybridized carbons (Fsp3) is 0.125. The van der Waals surface area contributed by atoms with Crippen molar-refractivity contribution >= 4 is 16.6 Å². The summed E-state index contributed by atoms with van der Waals surface area (Å²) >= 11 is 0. The molecule has 1 aromatic heterocycles. The molecule has 0 aliphatic heterocycles. The third-order valence-electron chi connectivity index (χ3n) is 4.43. The van der Waals surface area contributed by atoms with Gasteiger partial charge < -0.3 is 14.8 Å². The van der Waals surface area contributed by atoms with Crippen molar-refractivity contribution in [3.63, 3.8) is 0 Å². The molecule has 140 valence electrons. The van der Waals surface area contributed by atoms with Crippen LogP contribution in [-0.2, 0) is 6.54 Å². The summed E-state index contributed by atoms with van der Waals surface area (Å²) in [6, 6.07) is 28.2. The summed E-state index contributed by atoms with van der Waals surface area (Å²) in [6.45, 7) is 1.62. The van der Waals surface area contributed by atoms with Gasteiger partial charge in [0.25, 0.3) is 0 Å². The van der Waals surface area contributed by atoms with E-state index in [0.29, 0.717) is 19.8 Å². The third kappa shape index (κ3) is 4.60. The van der Waals surface area contributed by atoms with Crippen molar-refractivity contribution < 1.29 is 9.47 Å². The highest BCUT2D eigenvalue weighted by molar-refractivity contribution is 5.83. The van der Waals surface area contributed by atoms with E-state index < -0.39 is 0 Å². The van der Waals surface area contributed by atoms with Crippen molar-refractivity contribution in [1.29, 1.82) is 0 Å². The van der Waals surface area contributed by atoms with Gasteiger partial charge in [0.15, 0.2) is 0 Å². The normalized spacial score (nSPS) is 10.6. The Hall–Kier alpha value is -3.53. The average Bonchev–Trinajstić information content (AvgIpc) is 2.76. The van der Waals surface area contributed by atoms with Crippen LogP contribution in [0.15, 0.2) is 91.1 Å². The van der Waals surface area contributed by atoms with Gasteiger partial charge in [-0.2, -0.15) is 0 Å². The summed E-state index contributed by atoms with van der Waals surface area (Å²) in [5, 5.41) is 5.69. The van der Waals surface area contributed by atoms with E-state index in [9.17, 15) is 0 Å². The van der Waals surface area contributed by atoms with Gasteiger partial charge in [0, 0.05) is 18.3 Å². The molecule has 0 bridgehead atoms. The maximum atomic E-state index is 5.95. The van der Waals surface area contributed by atoms with Crippen LogP contribution in [0.25, 0.3) is 10.8 Å². The van der Waals surface area contributed by atoms with Gasteiger partial charge in [-0.1, -0.05) is 54.6 Å². The molecule has 1 heterocycles. The fourth-order valence-corrected chi connectivity index (χ4v) is 3.01. The van der Waals surface area contributed by atoms with E-state index in [1.165, 1.54) is 10.8 Å². The highest BCUT2D eigenvalue weighted by Crippen LogP contribution is 2.21. The molecule has 0 aliphatic carbocycles. The Morgan fingerprint density at radius 3 is 2.39 bits per heavy atom. The van der Waals surface area contributed by atoms with Crippen LogP contribution in [0.4, 0.5) is 5.82 Å². The molecule has 4 nitrogen and oxygen atoms in total. The molecular formula is C24H22N2O2. The number of hydrogen-bond acceptors (Lipinski definition) is 4. The smallest absolute Gasteiger partial charge is 0.126 e. The molecular weight excluding hydrogens is 348 g/mol. The first-order valence-electron chi connectivity index (χ1n) is 9.36. The number of pyridine rings is 1. The van der Waals surface area contributed by atoms with Crippen LogP contribution >= 0.6 is 0 Å². The Morgan fingerprint density at radius 2 is 1.50 bits per heavy atom. The van der Waals surface area contributed by atoms with Gasteiger partial charge in [-0.3, -0.25) is 0 Å². The van der Waals surface area contributed by atoms with E-state index in [4.69, 9.17) is 9.47 Å². The summed E-state index contributed by atoms with van der Waals surface area (Å²) < 4.78 is 11.8. The van der Waals surface area contributed by atoms with Crippen molar-refractivity contribution in [2.45, 2.75) is 6.54 Å². The zero-order chi connectivity index (χ0) is 19.0. The first-order valence-corrected chi connectivity index (χ1v) is 9.36. The van der Waals surface area contributed by atoms with Crippen molar-refractivity contribution in [3.8, 4) is 11.5 Å². The van der Waals surface area contributed by atoms with Gasteiger partial charge in [0.2, 0.25) is 0 Å². The first-order chi connectivity index (χ1) is 13.9. The van der Waals surface area contributed by atoms with Gasteiger partial charge in [0.1, 0.15) is 30.5 Å². The van der Waals surface area contributed by atoms with Crippen LogP contribution in [0.1, 0.15) is 5.56 Å². The number of rotatable bonds is 8. The topological polar surface area (TPSA) is 43.4 Å². The van der Waals surface area contributed by atoms with E-state index in [-0.39, 0.29) is 0 Å². The van der Waals surface area contributed by atoms with E-state index in [2.05, 4.69) is 40.6 Å². The Labute approximate surface area is 164 Å². The SMILES string of the molecule is c1ccc(NCc2ccccc2OCCOc2ccc3ccccc3c2)nc1. The van der Waals surface area contributed by atoms with Gasteiger partial charge in [-0.15, -0.1) is 0 Å². The molecule has 0 fully saturated rings. The van der Waals surface area contributed by atoms with Crippen molar-refractivity contribution in [2.75, 3.05) is 18.5 Å². The summed E-state index contributed by atoms with van der Waals surface area (Å²) in [4.78, 5) is 4.28. The molecule has 3 aromatic carbocycles. The van der Waals surface area contributed by atoms with Crippen LogP contribution in [0.3, 0.4) is 0 Å². The van der Waals surface area contributed by atoms with Gasteiger partial charge in [-0.05, 0) is 41.1 Å². The van der Waals surface area contributed by atoms with E-state index in [1.807, 2.05) is 54.6 Å². The molecule has 0 saturated heterocycles. The highest BCUT2D eigenvalue weighted by Gasteiger charge is 2.04. The average molecular weight is 370 g/mol. The minimum Gasteiger partial charge on any atom is -0.490 e. The monoisotopic (exact) mass is 370 g/mol. The number of nitrogens with zero attached hydrogens (tertiary/aromatic N) is 1. The van der Waals surface area contributed by atoms with E-state index >= 15 is 0 Å². The number of hydrogen-bond donors (Lipinski definition) is 1. The summed E-state index contributed by atoms with van der Waals surface area (Å²) in [6.07, 6.45) is 1.77. The number of fused-ring (bicyclic) bond motifs is 1. The van der Waals surface area contributed by atoms with Crippen LogP contribution in [0, 0.1) is 0 Å². The molecule has 4 heteroatoms. The predicted octanol–water partition coefficient (Wildman–Crippen LogP) is 5.30. The molecule has 0 spiro atoms. The van der Waals surface area contributed by atoms with Crippen molar-refractivity contribution in [2.24, 2.45) is 0 Å². The number of nitrogens with one attached hydrogen (secondary N) is 1. The fourth-order valence-electron chi connectivity index (χ4n) is 3.01. The number of aromatic nitrogens is 1. The van der Waals surface area contributed by atoms with Crippen LogP contribution in [0.5, 0.6) is 11.5 Å². The van der Waals surface area contributed by atoms with Crippen LogP contribution in [0.2, 0.25) is 0 Å². The third-order valence-corrected chi connectivity index (χ3v) is 4.43. The Bertz CT molecular complexity index is 1030. The highest BCUT2D eigenvalue weighted by atomic mass is 16.5. The number of ether oxygens (including phenoxy) is 2. The van der Waals surface area contributed by atoms with Crippen molar-refractivity contribution in [1.82, 2.24) is 4.98 Å². The lowest BCUT2D eigenvalue weighted by molar-refractivity contribution is 0.216. The Kier molecular flexibility index (Phi) is 5.68. The zero-order valence-corrected chi connectivity index (χ0v) is 15.5. The van der Waals surface area contributed by atoms with E-state index in [1.54, 1.807) is 6.20 Å². The summed E-state index contributed by atoms with van der Waals surface area (Å²) in [7, 11) is 0. The maximum absolute atomic E-state index is 5.95. The molecule has 0 unspecified atom stereocenters. The van der Waals surface area contributed by atoms with Crippen LogP contribution < -0.4 is 14.8 Å². The van der Waals surface area contributed by atoms with Crippen LogP contribution in [-0.4, -0.2) is 18.2 Å². The first kappa shape index (κ1) is 17.9. The summed E-state index contributed by atoms with van der Waals surface area (Å²) in [5.74, 6) is 2.55. The maximum Gasteiger partial charge on any atom is 0.126 e. The lowest BCUT2D eigenvalue weighted by Crippen LogP contribution is -2.11. The van der Waals surface area contributed by atoms with E-state index in [0.717, 1.165) is 22.9 Å². The molecule has 1 N–H and O–H groups in total. The van der Waals surface area contributed by atoms with Gasteiger partial charge in [-0.25, -0.2) is 4.98 Å². The number of anilines is 1. The Balaban J connectivity index is 1.31. The minimum absolute atomic E-state index is 0.480. The second kappa shape index (κ2) is 8.91. The molecule has 0 amide bonds. The molecule has 0 atom stereocenters. The second-order valence-corrected chi connectivity index (χ2v) is 6.38. The van der Waals surface area contributed by atoms with Gasteiger partial charge in [0.05, 0.1) is 0 Å². The number of para-hydroxylation sites is 1. The molecule has 4 rings (SSSR count).